The monoisotopic (exact) mass is 249 g/mol. The average Bonchev–Trinajstić information content (AvgIpc) is 2.86. The van der Waals surface area contributed by atoms with E-state index < -0.39 is 0 Å². The summed E-state index contributed by atoms with van der Waals surface area (Å²) in [5.41, 5.74) is 5.01. The van der Waals surface area contributed by atoms with E-state index in [4.69, 9.17) is 0 Å². The zero-order valence-electron chi connectivity index (χ0n) is 11.2. The molecule has 0 spiro atoms. The molecule has 2 nitrogen and oxygen atoms in total. The second kappa shape index (κ2) is 4.73. The molecule has 0 aliphatic heterocycles. The second-order valence-corrected chi connectivity index (χ2v) is 4.78. The molecule has 0 amide bonds. The van der Waals surface area contributed by atoms with Gasteiger partial charge in [0.25, 0.3) is 0 Å². The molecular formula is C17H17N2+. The fourth-order valence-corrected chi connectivity index (χ4v) is 2.39. The van der Waals surface area contributed by atoms with Gasteiger partial charge >= 0.3 is 0 Å². The third-order valence-electron chi connectivity index (χ3n) is 3.42. The van der Waals surface area contributed by atoms with Crippen molar-refractivity contribution >= 4 is 0 Å². The maximum atomic E-state index is 2.24. The lowest BCUT2D eigenvalue weighted by molar-refractivity contribution is -0.744. The number of hydrogen-bond donors (Lipinski definition) is 0. The molecule has 3 rings (SSSR count). The van der Waals surface area contributed by atoms with Crippen molar-refractivity contribution in [3.05, 3.63) is 72.6 Å². The molecule has 94 valence electrons. The molecule has 2 aromatic carbocycles. The van der Waals surface area contributed by atoms with Gasteiger partial charge in [-0.25, -0.2) is 0 Å². The van der Waals surface area contributed by atoms with E-state index in [0.717, 1.165) is 0 Å². The first-order chi connectivity index (χ1) is 9.25. The Morgan fingerprint density at radius 1 is 0.895 bits per heavy atom. The molecule has 0 aliphatic rings. The lowest BCUT2D eigenvalue weighted by Gasteiger charge is -2.08. The van der Waals surface area contributed by atoms with Crippen LogP contribution in [0, 0.1) is 6.92 Å². The standard InChI is InChI=1S/C17H17N2/c1-14-13-16(15-7-4-3-5-8-15)9-10-17(14)19-12-6-11-18(19)2/h3-13H,1-2H3/q+1. The number of aryl methyl sites for hydroxylation is 2. The van der Waals surface area contributed by atoms with Crippen LogP contribution in [-0.4, -0.2) is 4.68 Å². The third kappa shape index (κ3) is 2.17. The lowest BCUT2D eigenvalue weighted by Crippen LogP contribution is -2.36. The maximum Gasteiger partial charge on any atom is 0.195 e. The molecule has 0 fully saturated rings. The Kier molecular flexibility index (Phi) is 2.92. The van der Waals surface area contributed by atoms with E-state index in [9.17, 15) is 0 Å². The van der Waals surface area contributed by atoms with Crippen molar-refractivity contribution in [2.24, 2.45) is 7.05 Å². The van der Waals surface area contributed by atoms with Crippen LogP contribution in [0.25, 0.3) is 16.8 Å². The summed E-state index contributed by atoms with van der Waals surface area (Å²) in [5.74, 6) is 0. The van der Waals surface area contributed by atoms with Gasteiger partial charge in [0.2, 0.25) is 0 Å². The Hall–Kier alpha value is -2.35. The van der Waals surface area contributed by atoms with Crippen molar-refractivity contribution in [1.82, 2.24) is 4.68 Å². The lowest BCUT2D eigenvalue weighted by atomic mass is 10.0. The van der Waals surface area contributed by atoms with Crippen molar-refractivity contribution in [1.29, 1.82) is 0 Å². The van der Waals surface area contributed by atoms with Crippen LogP contribution < -0.4 is 4.68 Å². The highest BCUT2D eigenvalue weighted by Crippen LogP contribution is 2.23. The highest BCUT2D eigenvalue weighted by molar-refractivity contribution is 5.66. The highest BCUT2D eigenvalue weighted by atomic mass is 15.4. The molecule has 0 bridgehead atoms. The van der Waals surface area contributed by atoms with Crippen LogP contribution in [0.2, 0.25) is 0 Å². The Balaban J connectivity index is 2.06. The zero-order chi connectivity index (χ0) is 13.2. The molecule has 0 saturated heterocycles. The molecule has 19 heavy (non-hydrogen) atoms. The molecule has 0 N–H and O–H groups in total. The summed E-state index contributed by atoms with van der Waals surface area (Å²) in [6.07, 6.45) is 4.12. The van der Waals surface area contributed by atoms with Gasteiger partial charge in [-0.1, -0.05) is 36.4 Å². The van der Waals surface area contributed by atoms with Crippen LogP contribution in [0.3, 0.4) is 0 Å². The van der Waals surface area contributed by atoms with E-state index in [-0.39, 0.29) is 0 Å². The van der Waals surface area contributed by atoms with Crippen LogP contribution in [0.5, 0.6) is 0 Å². The number of nitrogens with zero attached hydrogens (tertiary/aromatic N) is 2. The van der Waals surface area contributed by atoms with Crippen LogP contribution in [-0.2, 0) is 7.05 Å². The molecule has 3 aromatic rings. The highest BCUT2D eigenvalue weighted by Gasteiger charge is 2.09. The van der Waals surface area contributed by atoms with Crippen molar-refractivity contribution in [3.63, 3.8) is 0 Å². The molecule has 0 atom stereocenters. The third-order valence-corrected chi connectivity index (χ3v) is 3.42. The van der Waals surface area contributed by atoms with Gasteiger partial charge in [-0.15, -0.1) is 9.36 Å². The van der Waals surface area contributed by atoms with Crippen LogP contribution in [0.15, 0.2) is 67.0 Å². The van der Waals surface area contributed by atoms with Gasteiger partial charge in [-0.05, 0) is 35.7 Å². The summed E-state index contributed by atoms with van der Waals surface area (Å²) in [6.45, 7) is 2.15. The first kappa shape index (κ1) is 11.7. The predicted octanol–water partition coefficient (Wildman–Crippen LogP) is 3.28. The molecule has 0 aliphatic carbocycles. The van der Waals surface area contributed by atoms with Crippen molar-refractivity contribution in [3.8, 4) is 16.8 Å². The summed E-state index contributed by atoms with van der Waals surface area (Å²) in [4.78, 5) is 0. The van der Waals surface area contributed by atoms with E-state index in [1.165, 1.54) is 22.4 Å². The summed E-state index contributed by atoms with van der Waals surface area (Å²) in [7, 11) is 2.05. The van der Waals surface area contributed by atoms with Gasteiger partial charge in [0.15, 0.2) is 13.2 Å². The first-order valence-electron chi connectivity index (χ1n) is 6.45. The summed E-state index contributed by atoms with van der Waals surface area (Å²) in [6, 6.07) is 19.1. The molecule has 2 heteroatoms. The minimum Gasteiger partial charge on any atom is -0.128 e. The number of benzene rings is 2. The largest absolute Gasteiger partial charge is 0.195 e. The summed E-state index contributed by atoms with van der Waals surface area (Å²) in [5, 5.41) is 0. The SMILES string of the molecule is Cc1cc(-c2ccccc2)ccc1-n1ccc[n+]1C. The van der Waals surface area contributed by atoms with Crippen molar-refractivity contribution < 1.29 is 4.68 Å². The van der Waals surface area contributed by atoms with E-state index in [1.54, 1.807) is 0 Å². The quantitative estimate of drug-likeness (QED) is 0.616. The Morgan fingerprint density at radius 3 is 2.32 bits per heavy atom. The second-order valence-electron chi connectivity index (χ2n) is 4.78. The van der Waals surface area contributed by atoms with Gasteiger partial charge in [0.05, 0.1) is 6.20 Å². The molecule has 1 heterocycles. The van der Waals surface area contributed by atoms with E-state index in [1.807, 2.05) is 25.4 Å². The normalized spacial score (nSPS) is 10.6. The number of aromatic nitrogens is 2. The smallest absolute Gasteiger partial charge is 0.128 e. The average molecular weight is 249 g/mol. The van der Waals surface area contributed by atoms with Crippen LogP contribution >= 0.6 is 0 Å². The van der Waals surface area contributed by atoms with E-state index >= 15 is 0 Å². The first-order valence-corrected chi connectivity index (χ1v) is 6.45. The topological polar surface area (TPSA) is 8.81 Å². The summed E-state index contributed by atoms with van der Waals surface area (Å²) < 4.78 is 4.22. The van der Waals surface area contributed by atoms with Crippen molar-refractivity contribution in [2.75, 3.05) is 0 Å². The Morgan fingerprint density at radius 2 is 1.68 bits per heavy atom. The zero-order valence-corrected chi connectivity index (χ0v) is 11.2. The fraction of sp³-hybridized carbons (Fsp3) is 0.118. The van der Waals surface area contributed by atoms with Crippen LogP contribution in [0.4, 0.5) is 0 Å². The van der Waals surface area contributed by atoms with Crippen molar-refractivity contribution in [2.45, 2.75) is 6.92 Å². The van der Waals surface area contributed by atoms with Gasteiger partial charge in [0, 0.05) is 6.07 Å². The number of rotatable bonds is 2. The molecule has 0 unspecified atom stereocenters. The van der Waals surface area contributed by atoms with Gasteiger partial charge in [-0.2, -0.15) is 0 Å². The molecule has 1 aromatic heterocycles. The van der Waals surface area contributed by atoms with Crippen LogP contribution in [0.1, 0.15) is 5.56 Å². The fourth-order valence-electron chi connectivity index (χ4n) is 2.39. The number of hydrogen-bond acceptors (Lipinski definition) is 0. The van der Waals surface area contributed by atoms with Gasteiger partial charge < -0.3 is 0 Å². The van der Waals surface area contributed by atoms with E-state index in [0.29, 0.717) is 0 Å². The summed E-state index contributed by atoms with van der Waals surface area (Å²) >= 11 is 0. The maximum absolute atomic E-state index is 2.24. The minimum absolute atomic E-state index is 1.21. The van der Waals surface area contributed by atoms with Gasteiger partial charge in [-0.3, -0.25) is 0 Å². The van der Waals surface area contributed by atoms with E-state index in [2.05, 4.69) is 64.9 Å². The predicted molar refractivity (Wildman–Crippen MR) is 77.1 cm³/mol. The molecule has 0 radical (unpaired) electrons. The Bertz CT molecular complexity index is 696. The Labute approximate surface area is 113 Å². The van der Waals surface area contributed by atoms with Gasteiger partial charge in [0.1, 0.15) is 5.69 Å². The molecule has 0 saturated carbocycles. The molecular weight excluding hydrogens is 232 g/mol. The minimum atomic E-state index is 1.21.